The first-order valence-corrected chi connectivity index (χ1v) is 8.33. The molecule has 5 atom stereocenters. The smallest absolute Gasteiger partial charge is 0.0543 e. The summed E-state index contributed by atoms with van der Waals surface area (Å²) < 4.78 is 0. The van der Waals surface area contributed by atoms with Gasteiger partial charge in [-0.05, 0) is 67.7 Å². The second-order valence-electron chi connectivity index (χ2n) is 8.44. The van der Waals surface area contributed by atoms with Crippen molar-refractivity contribution in [2.45, 2.75) is 77.9 Å². The van der Waals surface area contributed by atoms with E-state index in [4.69, 9.17) is 0 Å². The zero-order valence-corrected chi connectivity index (χ0v) is 12.9. The molecule has 0 aromatic carbocycles. The van der Waals surface area contributed by atoms with E-state index in [-0.39, 0.29) is 6.10 Å². The lowest BCUT2D eigenvalue weighted by Crippen LogP contribution is -2.51. The largest absolute Gasteiger partial charge is 0.393 e. The highest BCUT2D eigenvalue weighted by molar-refractivity contribution is 5.12. The maximum atomic E-state index is 9.80. The second kappa shape index (κ2) is 4.73. The van der Waals surface area contributed by atoms with E-state index < -0.39 is 0 Å². The molecule has 2 heteroatoms. The molecule has 3 aliphatic carbocycles. The maximum absolute atomic E-state index is 9.80. The van der Waals surface area contributed by atoms with E-state index in [2.05, 4.69) is 26.1 Å². The van der Waals surface area contributed by atoms with E-state index >= 15 is 0 Å². The topological polar surface area (TPSA) is 32.3 Å². The Labute approximate surface area is 118 Å². The summed E-state index contributed by atoms with van der Waals surface area (Å²) >= 11 is 0. The molecule has 0 spiro atoms. The van der Waals surface area contributed by atoms with Crippen molar-refractivity contribution in [3.63, 3.8) is 0 Å². The zero-order chi connectivity index (χ0) is 13.7. The normalized spacial score (nSPS) is 48.6. The Kier molecular flexibility index (Phi) is 3.46. The molecule has 3 saturated carbocycles. The van der Waals surface area contributed by atoms with Crippen LogP contribution in [0.5, 0.6) is 0 Å². The Balaban J connectivity index is 1.60. The minimum Gasteiger partial charge on any atom is -0.393 e. The van der Waals surface area contributed by atoms with E-state index in [1.165, 1.54) is 32.1 Å². The third-order valence-electron chi connectivity index (χ3n) is 6.64. The second-order valence-corrected chi connectivity index (χ2v) is 8.44. The van der Waals surface area contributed by atoms with Crippen molar-refractivity contribution in [2.24, 2.45) is 22.7 Å². The average Bonchev–Trinajstić information content (AvgIpc) is 2.80. The monoisotopic (exact) mass is 265 g/mol. The lowest BCUT2D eigenvalue weighted by Gasteiger charge is -2.44. The molecule has 2 nitrogen and oxygen atoms in total. The van der Waals surface area contributed by atoms with E-state index in [1.807, 2.05) is 0 Å². The van der Waals surface area contributed by atoms with E-state index in [0.717, 1.165) is 25.3 Å². The van der Waals surface area contributed by atoms with Gasteiger partial charge < -0.3 is 10.4 Å². The number of hydrogen-bond donors (Lipinski definition) is 2. The first kappa shape index (κ1) is 13.9. The van der Waals surface area contributed by atoms with Gasteiger partial charge in [0.1, 0.15) is 0 Å². The van der Waals surface area contributed by atoms with E-state index in [0.29, 0.717) is 22.8 Å². The Morgan fingerprint density at radius 1 is 1.16 bits per heavy atom. The number of aliphatic hydroxyl groups excluding tert-OH is 1. The summed E-state index contributed by atoms with van der Waals surface area (Å²) in [6.45, 7) is 8.55. The van der Waals surface area contributed by atoms with Gasteiger partial charge in [-0.2, -0.15) is 0 Å². The van der Waals surface area contributed by atoms with Gasteiger partial charge in [0, 0.05) is 6.04 Å². The van der Waals surface area contributed by atoms with Crippen molar-refractivity contribution in [1.29, 1.82) is 0 Å². The van der Waals surface area contributed by atoms with Crippen LogP contribution in [0.2, 0.25) is 0 Å². The van der Waals surface area contributed by atoms with Crippen LogP contribution < -0.4 is 5.32 Å². The fourth-order valence-corrected chi connectivity index (χ4v) is 5.54. The molecule has 0 saturated heterocycles. The van der Waals surface area contributed by atoms with Crippen LogP contribution in [0.1, 0.15) is 65.7 Å². The Morgan fingerprint density at radius 2 is 1.95 bits per heavy atom. The van der Waals surface area contributed by atoms with Gasteiger partial charge in [0.05, 0.1) is 6.10 Å². The van der Waals surface area contributed by atoms with Gasteiger partial charge in [0.15, 0.2) is 0 Å². The standard InChI is InChI=1S/C17H31NO/c1-16(2)13-7-8-17(3,10-13)15(16)18-11-12-5-4-6-14(19)9-12/h12-15,18-19H,4-11H2,1-3H3/t12?,13-,14?,15?,17+/m0/s1. The van der Waals surface area contributed by atoms with Gasteiger partial charge in [-0.1, -0.05) is 27.2 Å². The van der Waals surface area contributed by atoms with Crippen molar-refractivity contribution < 1.29 is 5.11 Å². The maximum Gasteiger partial charge on any atom is 0.0543 e. The van der Waals surface area contributed by atoms with Crippen LogP contribution in [-0.2, 0) is 0 Å². The van der Waals surface area contributed by atoms with Crippen molar-refractivity contribution in [1.82, 2.24) is 5.32 Å². The number of rotatable bonds is 3. The van der Waals surface area contributed by atoms with Crippen LogP contribution in [0.25, 0.3) is 0 Å². The van der Waals surface area contributed by atoms with Crippen LogP contribution in [-0.4, -0.2) is 23.8 Å². The minimum atomic E-state index is -0.0378. The number of hydrogen-bond acceptors (Lipinski definition) is 2. The van der Waals surface area contributed by atoms with Gasteiger partial charge in [0.25, 0.3) is 0 Å². The highest BCUT2D eigenvalue weighted by atomic mass is 16.3. The number of fused-ring (bicyclic) bond motifs is 2. The van der Waals surface area contributed by atoms with Crippen LogP contribution in [0.4, 0.5) is 0 Å². The van der Waals surface area contributed by atoms with E-state index in [9.17, 15) is 5.11 Å². The highest BCUT2D eigenvalue weighted by Crippen LogP contribution is 2.62. The predicted octanol–water partition coefficient (Wildman–Crippen LogP) is 3.34. The van der Waals surface area contributed by atoms with Crippen LogP contribution in [0.15, 0.2) is 0 Å². The molecule has 3 fully saturated rings. The lowest BCUT2D eigenvalue weighted by molar-refractivity contribution is 0.0793. The molecule has 0 aromatic rings. The molecule has 0 aliphatic heterocycles. The lowest BCUT2D eigenvalue weighted by atomic mass is 9.68. The Morgan fingerprint density at radius 3 is 2.58 bits per heavy atom. The fourth-order valence-electron chi connectivity index (χ4n) is 5.54. The summed E-state index contributed by atoms with van der Waals surface area (Å²) in [6.07, 6.45) is 8.77. The van der Waals surface area contributed by atoms with Gasteiger partial charge in [-0.25, -0.2) is 0 Å². The first-order chi connectivity index (χ1) is 8.92. The number of nitrogens with one attached hydrogen (secondary N) is 1. The molecule has 110 valence electrons. The summed E-state index contributed by atoms with van der Waals surface area (Å²) in [6, 6.07) is 0.679. The predicted molar refractivity (Wildman–Crippen MR) is 79.0 cm³/mol. The molecule has 2 N–H and O–H groups in total. The van der Waals surface area contributed by atoms with Gasteiger partial charge in [0.2, 0.25) is 0 Å². The third-order valence-corrected chi connectivity index (χ3v) is 6.64. The molecule has 0 amide bonds. The molecular weight excluding hydrogens is 234 g/mol. The fraction of sp³-hybridized carbons (Fsp3) is 1.00. The quantitative estimate of drug-likeness (QED) is 0.820. The Bertz CT molecular complexity index is 335. The summed E-state index contributed by atoms with van der Waals surface area (Å²) in [5.41, 5.74) is 0.988. The highest BCUT2D eigenvalue weighted by Gasteiger charge is 2.58. The summed E-state index contributed by atoms with van der Waals surface area (Å²) in [4.78, 5) is 0. The molecule has 2 bridgehead atoms. The molecular formula is C17H31NO. The van der Waals surface area contributed by atoms with Crippen molar-refractivity contribution in [3.05, 3.63) is 0 Å². The molecule has 0 heterocycles. The minimum absolute atomic E-state index is 0.0378. The summed E-state index contributed by atoms with van der Waals surface area (Å²) in [5.74, 6) is 1.62. The summed E-state index contributed by atoms with van der Waals surface area (Å²) in [5, 5.41) is 13.7. The molecule has 3 aliphatic rings. The van der Waals surface area contributed by atoms with E-state index in [1.54, 1.807) is 0 Å². The summed E-state index contributed by atoms with van der Waals surface area (Å²) in [7, 11) is 0. The molecule has 19 heavy (non-hydrogen) atoms. The molecule has 3 unspecified atom stereocenters. The first-order valence-electron chi connectivity index (χ1n) is 8.33. The molecule has 3 rings (SSSR count). The van der Waals surface area contributed by atoms with Crippen molar-refractivity contribution in [2.75, 3.05) is 6.54 Å². The third kappa shape index (κ3) is 2.35. The van der Waals surface area contributed by atoms with Crippen molar-refractivity contribution in [3.8, 4) is 0 Å². The Hall–Kier alpha value is -0.0800. The van der Waals surface area contributed by atoms with Crippen molar-refractivity contribution >= 4 is 0 Å². The zero-order valence-electron chi connectivity index (χ0n) is 12.9. The van der Waals surface area contributed by atoms with Gasteiger partial charge in [-0.15, -0.1) is 0 Å². The average molecular weight is 265 g/mol. The van der Waals surface area contributed by atoms with Gasteiger partial charge in [-0.3, -0.25) is 0 Å². The van der Waals surface area contributed by atoms with Gasteiger partial charge >= 0.3 is 0 Å². The van der Waals surface area contributed by atoms with Crippen LogP contribution in [0, 0.1) is 22.7 Å². The van der Waals surface area contributed by atoms with Crippen LogP contribution >= 0.6 is 0 Å². The molecule has 0 aromatic heterocycles. The number of aliphatic hydroxyl groups is 1. The SMILES string of the molecule is CC1(C)C(NCC2CCCC(O)C2)[C@]2(C)CC[C@H]1C2. The molecule has 0 radical (unpaired) electrons. The van der Waals surface area contributed by atoms with Crippen LogP contribution in [0.3, 0.4) is 0 Å².